The highest BCUT2D eigenvalue weighted by Gasteiger charge is 2.33. The van der Waals surface area contributed by atoms with Gasteiger partial charge in [0.2, 0.25) is 6.35 Å². The summed E-state index contributed by atoms with van der Waals surface area (Å²) < 4.78 is 40.7. The molecule has 1 amide bonds. The lowest BCUT2D eigenvalue weighted by Gasteiger charge is -2.28. The Morgan fingerprint density at radius 2 is 2.12 bits per heavy atom. The average Bonchev–Trinajstić information content (AvgIpc) is 2.96. The minimum Gasteiger partial charge on any atom is -0.406 e. The van der Waals surface area contributed by atoms with Crippen LogP contribution in [0.5, 0.6) is 5.75 Å². The van der Waals surface area contributed by atoms with Gasteiger partial charge in [-0.15, -0.1) is 13.2 Å². The largest absolute Gasteiger partial charge is 0.573 e. The first-order valence-corrected chi connectivity index (χ1v) is 7.01. The molecule has 2 heterocycles. The number of ether oxygens (including phenoxy) is 1. The first-order chi connectivity index (χ1) is 11.7. The standard InChI is InChI=1S/C14H13F3N4O4/c1-21-11-8(12(23)20-13(21)24)18-10(19-11)9(22)6-3-2-4-7(5-6)25-14(15,16)17/h2-5,9,13,22,24H,1H3,(H,18,19)(H,20,23). The summed E-state index contributed by atoms with van der Waals surface area (Å²) in [7, 11) is 1.47. The molecular formula is C14H13F3N4O4. The van der Waals surface area contributed by atoms with E-state index < -0.39 is 30.5 Å². The molecule has 0 radical (unpaired) electrons. The Morgan fingerprint density at radius 1 is 1.40 bits per heavy atom. The molecule has 1 aliphatic heterocycles. The number of aliphatic hydroxyl groups excluding tert-OH is 2. The maximum absolute atomic E-state index is 12.3. The number of anilines is 1. The zero-order valence-electron chi connectivity index (χ0n) is 12.7. The van der Waals surface area contributed by atoms with Gasteiger partial charge in [0.25, 0.3) is 5.91 Å². The highest BCUT2D eigenvalue weighted by Crippen LogP contribution is 2.30. The lowest BCUT2D eigenvalue weighted by Crippen LogP contribution is -2.51. The van der Waals surface area contributed by atoms with Crippen molar-refractivity contribution >= 4 is 11.7 Å². The molecule has 11 heteroatoms. The Bertz CT molecular complexity index is 808. The monoisotopic (exact) mass is 358 g/mol. The molecule has 134 valence electrons. The third kappa shape index (κ3) is 3.37. The van der Waals surface area contributed by atoms with Crippen LogP contribution in [0.25, 0.3) is 0 Å². The van der Waals surface area contributed by atoms with Gasteiger partial charge in [0.05, 0.1) is 0 Å². The summed E-state index contributed by atoms with van der Waals surface area (Å²) in [5.41, 5.74) is 0.0982. The van der Waals surface area contributed by atoms with Crippen LogP contribution in [0.3, 0.4) is 0 Å². The number of carbonyl (C=O) groups excluding carboxylic acids is 1. The van der Waals surface area contributed by atoms with Gasteiger partial charge >= 0.3 is 6.36 Å². The quantitative estimate of drug-likeness (QED) is 0.647. The third-order valence-corrected chi connectivity index (χ3v) is 3.56. The first kappa shape index (κ1) is 17.0. The summed E-state index contributed by atoms with van der Waals surface area (Å²) >= 11 is 0. The van der Waals surface area contributed by atoms with Crippen LogP contribution in [-0.2, 0) is 0 Å². The number of carbonyl (C=O) groups is 1. The molecule has 0 aliphatic carbocycles. The number of benzene rings is 1. The smallest absolute Gasteiger partial charge is 0.406 e. The number of nitrogens with zero attached hydrogens (tertiary/aromatic N) is 2. The van der Waals surface area contributed by atoms with E-state index in [0.717, 1.165) is 12.1 Å². The molecule has 25 heavy (non-hydrogen) atoms. The van der Waals surface area contributed by atoms with Crippen molar-refractivity contribution < 1.29 is 32.9 Å². The molecular weight excluding hydrogens is 345 g/mol. The second-order valence-electron chi connectivity index (χ2n) is 5.30. The van der Waals surface area contributed by atoms with E-state index in [0.29, 0.717) is 0 Å². The number of alkyl halides is 3. The van der Waals surface area contributed by atoms with Crippen molar-refractivity contribution in [1.29, 1.82) is 0 Å². The van der Waals surface area contributed by atoms with Crippen LogP contribution in [0, 0.1) is 0 Å². The molecule has 8 nitrogen and oxygen atoms in total. The van der Waals surface area contributed by atoms with Gasteiger partial charge in [0.15, 0.2) is 5.82 Å². The van der Waals surface area contributed by atoms with Crippen molar-refractivity contribution in [2.24, 2.45) is 0 Å². The summed E-state index contributed by atoms with van der Waals surface area (Å²) in [6.45, 7) is 0. The van der Waals surface area contributed by atoms with E-state index in [1.165, 1.54) is 24.1 Å². The van der Waals surface area contributed by atoms with E-state index in [2.05, 4.69) is 20.0 Å². The van der Waals surface area contributed by atoms with Crippen molar-refractivity contribution in [2.75, 3.05) is 11.9 Å². The number of aliphatic hydroxyl groups is 2. The number of imidazole rings is 1. The average molecular weight is 358 g/mol. The second kappa shape index (κ2) is 5.93. The number of hydrogen-bond donors (Lipinski definition) is 4. The number of aromatic amines is 1. The molecule has 0 bridgehead atoms. The summed E-state index contributed by atoms with van der Waals surface area (Å²) in [6, 6.07) is 4.77. The van der Waals surface area contributed by atoms with Gasteiger partial charge in [-0.3, -0.25) is 4.79 Å². The molecule has 1 aromatic carbocycles. The lowest BCUT2D eigenvalue weighted by molar-refractivity contribution is -0.274. The Balaban J connectivity index is 1.91. The zero-order valence-corrected chi connectivity index (χ0v) is 12.7. The Kier molecular flexibility index (Phi) is 4.05. The van der Waals surface area contributed by atoms with E-state index in [4.69, 9.17) is 0 Å². The number of halogens is 3. The zero-order chi connectivity index (χ0) is 18.4. The van der Waals surface area contributed by atoms with Crippen LogP contribution in [0.2, 0.25) is 0 Å². The van der Waals surface area contributed by atoms with Gasteiger partial charge < -0.3 is 30.2 Å². The van der Waals surface area contributed by atoms with E-state index in [1.807, 2.05) is 0 Å². The van der Waals surface area contributed by atoms with Gasteiger partial charge in [-0.05, 0) is 17.7 Å². The summed E-state index contributed by atoms with van der Waals surface area (Å²) in [5, 5.41) is 22.3. The molecule has 1 aliphatic rings. The molecule has 2 atom stereocenters. The molecule has 0 spiro atoms. The van der Waals surface area contributed by atoms with Gasteiger partial charge in [-0.1, -0.05) is 12.1 Å². The second-order valence-corrected chi connectivity index (χ2v) is 5.30. The topological polar surface area (TPSA) is 111 Å². The van der Waals surface area contributed by atoms with Gasteiger partial charge in [-0.2, -0.15) is 0 Å². The number of rotatable bonds is 3. The Hall–Kier alpha value is -2.79. The summed E-state index contributed by atoms with van der Waals surface area (Å²) in [6.07, 6.45) is -7.57. The first-order valence-electron chi connectivity index (χ1n) is 7.01. The van der Waals surface area contributed by atoms with Crippen molar-refractivity contribution in [3.63, 3.8) is 0 Å². The van der Waals surface area contributed by atoms with Gasteiger partial charge in [0, 0.05) is 7.05 Å². The minimum absolute atomic E-state index is 0.0181. The van der Waals surface area contributed by atoms with Crippen LogP contribution in [0.4, 0.5) is 19.0 Å². The Morgan fingerprint density at radius 3 is 2.80 bits per heavy atom. The van der Waals surface area contributed by atoms with Crippen LogP contribution in [-0.4, -0.2) is 45.9 Å². The van der Waals surface area contributed by atoms with Crippen LogP contribution in [0.1, 0.15) is 28.0 Å². The van der Waals surface area contributed by atoms with E-state index in [1.54, 1.807) is 0 Å². The fraction of sp³-hybridized carbons (Fsp3) is 0.286. The lowest BCUT2D eigenvalue weighted by atomic mass is 10.1. The van der Waals surface area contributed by atoms with Crippen molar-refractivity contribution in [1.82, 2.24) is 15.3 Å². The van der Waals surface area contributed by atoms with Crippen LogP contribution < -0.4 is 15.0 Å². The molecule has 0 fully saturated rings. The highest BCUT2D eigenvalue weighted by molar-refractivity contribution is 5.99. The molecule has 2 unspecified atom stereocenters. The number of aromatic nitrogens is 2. The van der Waals surface area contributed by atoms with E-state index in [-0.39, 0.29) is 22.9 Å². The minimum atomic E-state index is -4.86. The predicted molar refractivity (Wildman–Crippen MR) is 77.7 cm³/mol. The highest BCUT2D eigenvalue weighted by atomic mass is 19.4. The fourth-order valence-corrected chi connectivity index (χ4v) is 2.37. The Labute approximate surface area is 138 Å². The molecule has 0 saturated heterocycles. The van der Waals surface area contributed by atoms with Crippen LogP contribution in [0.15, 0.2) is 24.3 Å². The maximum Gasteiger partial charge on any atom is 0.573 e. The summed E-state index contributed by atoms with van der Waals surface area (Å²) in [5.74, 6) is -1.08. The van der Waals surface area contributed by atoms with Crippen molar-refractivity contribution in [3.8, 4) is 5.75 Å². The predicted octanol–water partition coefficient (Wildman–Crippen LogP) is 0.845. The van der Waals surface area contributed by atoms with Crippen molar-refractivity contribution in [2.45, 2.75) is 18.8 Å². The number of amides is 1. The molecule has 3 rings (SSSR count). The van der Waals surface area contributed by atoms with Gasteiger partial charge in [-0.25, -0.2) is 4.98 Å². The van der Waals surface area contributed by atoms with E-state index >= 15 is 0 Å². The van der Waals surface area contributed by atoms with E-state index in [9.17, 15) is 28.2 Å². The number of H-pyrrole nitrogens is 1. The van der Waals surface area contributed by atoms with Crippen molar-refractivity contribution in [3.05, 3.63) is 41.3 Å². The molecule has 4 N–H and O–H groups in total. The summed E-state index contributed by atoms with van der Waals surface area (Å²) in [4.78, 5) is 19.7. The third-order valence-electron chi connectivity index (χ3n) is 3.56. The normalized spacial score (nSPS) is 18.6. The number of hydrogen-bond acceptors (Lipinski definition) is 6. The number of nitrogens with one attached hydrogen (secondary N) is 2. The molecule has 0 saturated carbocycles. The van der Waals surface area contributed by atoms with Gasteiger partial charge in [0.1, 0.15) is 23.4 Å². The fourth-order valence-electron chi connectivity index (χ4n) is 2.37. The maximum atomic E-state index is 12.3. The number of fused-ring (bicyclic) bond motifs is 1. The SMILES string of the molecule is CN1c2nc(C(O)c3cccc(OC(F)(F)F)c3)[nH]c2C(=O)NC1O. The molecule has 2 aromatic rings. The van der Waals surface area contributed by atoms with Crippen LogP contribution >= 0.6 is 0 Å². The molecule has 1 aromatic heterocycles.